The summed E-state index contributed by atoms with van der Waals surface area (Å²) >= 11 is 0. The number of carbonyl (C=O) groups excluding carboxylic acids is 2. The fourth-order valence-corrected chi connectivity index (χ4v) is 5.50. The van der Waals surface area contributed by atoms with Crippen molar-refractivity contribution in [3.05, 3.63) is 57.1 Å². The summed E-state index contributed by atoms with van der Waals surface area (Å²) in [7, 11) is 0. The first-order valence-electron chi connectivity index (χ1n) is 12.5. The first-order chi connectivity index (χ1) is 16.5. The molecule has 186 valence electrons. The van der Waals surface area contributed by atoms with Crippen molar-refractivity contribution in [3.63, 3.8) is 0 Å². The molecule has 2 aromatic rings. The van der Waals surface area contributed by atoms with Crippen LogP contribution in [0.2, 0.25) is 0 Å². The van der Waals surface area contributed by atoms with Gasteiger partial charge in [-0.1, -0.05) is 27.7 Å². The lowest BCUT2D eigenvalue weighted by Crippen LogP contribution is -2.46. The number of halogens is 1. The summed E-state index contributed by atoms with van der Waals surface area (Å²) in [6.45, 7) is 10.9. The van der Waals surface area contributed by atoms with Crippen LogP contribution in [0.15, 0.2) is 23.3 Å². The minimum Gasteiger partial charge on any atom is -0.458 e. The van der Waals surface area contributed by atoms with Crippen LogP contribution in [0.1, 0.15) is 75.4 Å². The number of benzene rings is 1. The van der Waals surface area contributed by atoms with Gasteiger partial charge in [0.15, 0.2) is 11.4 Å². The number of ketones is 1. The molecule has 35 heavy (non-hydrogen) atoms. The number of hydrogen-bond acceptors (Lipinski definition) is 5. The SMILES string of the molecule is CCc1c(/C(C)=C/C2=C(C(=O)C(C)C)COC(=O)[C@]2(O)CC)nc2cc(F)c(C)c3c2c1CCC3. The summed E-state index contributed by atoms with van der Waals surface area (Å²) in [6.07, 6.45) is 5.21. The van der Waals surface area contributed by atoms with E-state index < -0.39 is 11.6 Å². The van der Waals surface area contributed by atoms with Gasteiger partial charge >= 0.3 is 5.97 Å². The second-order valence-corrected chi connectivity index (χ2v) is 10.0. The fourth-order valence-electron chi connectivity index (χ4n) is 5.50. The third-order valence-corrected chi connectivity index (χ3v) is 7.55. The van der Waals surface area contributed by atoms with Crippen molar-refractivity contribution in [2.24, 2.45) is 5.92 Å². The zero-order valence-electron chi connectivity index (χ0n) is 21.5. The Morgan fingerprint density at radius 2 is 1.97 bits per heavy atom. The highest BCUT2D eigenvalue weighted by atomic mass is 19.1. The summed E-state index contributed by atoms with van der Waals surface area (Å²) in [6, 6.07) is 1.51. The van der Waals surface area contributed by atoms with E-state index in [1.807, 2.05) is 13.8 Å². The van der Waals surface area contributed by atoms with Crippen molar-refractivity contribution < 1.29 is 23.8 Å². The number of esters is 1. The van der Waals surface area contributed by atoms with E-state index in [0.29, 0.717) is 22.3 Å². The number of rotatable bonds is 6. The lowest BCUT2D eigenvalue weighted by Gasteiger charge is -2.33. The number of hydrogen-bond donors (Lipinski definition) is 1. The van der Waals surface area contributed by atoms with Gasteiger partial charge in [-0.2, -0.15) is 0 Å². The second-order valence-electron chi connectivity index (χ2n) is 10.0. The molecule has 1 aliphatic heterocycles. The average Bonchev–Trinajstić information content (AvgIpc) is 2.84. The molecule has 4 rings (SSSR count). The molecule has 1 atom stereocenters. The van der Waals surface area contributed by atoms with Crippen LogP contribution >= 0.6 is 0 Å². The lowest BCUT2D eigenvalue weighted by molar-refractivity contribution is -0.163. The maximum Gasteiger partial charge on any atom is 0.343 e. The van der Waals surface area contributed by atoms with Gasteiger partial charge in [-0.25, -0.2) is 14.2 Å². The van der Waals surface area contributed by atoms with Crippen molar-refractivity contribution >= 4 is 28.2 Å². The van der Waals surface area contributed by atoms with Crippen LogP contribution in [0, 0.1) is 18.7 Å². The maximum absolute atomic E-state index is 14.8. The molecule has 0 bridgehead atoms. The van der Waals surface area contributed by atoms with E-state index in [9.17, 15) is 19.1 Å². The minimum atomic E-state index is -1.91. The second kappa shape index (κ2) is 9.30. The highest BCUT2D eigenvalue weighted by Crippen LogP contribution is 2.39. The number of aryl methyl sites for hydroxylation is 2. The molecule has 1 aromatic heterocycles. The quantitative estimate of drug-likeness (QED) is 0.565. The highest BCUT2D eigenvalue weighted by Gasteiger charge is 2.45. The predicted molar refractivity (Wildman–Crippen MR) is 135 cm³/mol. The van der Waals surface area contributed by atoms with Crippen molar-refractivity contribution in [2.75, 3.05) is 6.61 Å². The molecule has 0 amide bonds. The number of carbonyl (C=O) groups is 2. The molecular formula is C29H34FNO4. The number of aromatic nitrogens is 1. The standard InChI is InChI=1S/C29H34FNO4/c1-7-18-20-11-9-10-19-17(6)23(30)13-24(25(19)20)31-26(18)16(5)12-22-21(27(32)15(3)4)14-35-28(33)29(22,34)8-2/h12-13,15,34H,7-11,14H2,1-6H3/b16-12+/t29-/m0/s1. The van der Waals surface area contributed by atoms with E-state index in [0.717, 1.165) is 47.8 Å². The van der Waals surface area contributed by atoms with Gasteiger partial charge in [0.25, 0.3) is 0 Å². The molecule has 1 N–H and O–H groups in total. The summed E-state index contributed by atoms with van der Waals surface area (Å²) in [5.74, 6) is -1.49. The first-order valence-corrected chi connectivity index (χ1v) is 12.5. The zero-order chi connectivity index (χ0) is 25.7. The van der Waals surface area contributed by atoms with E-state index in [2.05, 4.69) is 6.92 Å². The van der Waals surface area contributed by atoms with Crippen LogP contribution < -0.4 is 0 Å². The third-order valence-electron chi connectivity index (χ3n) is 7.55. The van der Waals surface area contributed by atoms with Gasteiger partial charge < -0.3 is 9.84 Å². The van der Waals surface area contributed by atoms with E-state index in [1.165, 1.54) is 11.6 Å². The van der Waals surface area contributed by atoms with Gasteiger partial charge in [-0.3, -0.25) is 4.79 Å². The van der Waals surface area contributed by atoms with Crippen molar-refractivity contribution in [3.8, 4) is 0 Å². The predicted octanol–water partition coefficient (Wildman–Crippen LogP) is 5.36. The fraction of sp³-hybridized carbons (Fsp3) is 0.483. The lowest BCUT2D eigenvalue weighted by atomic mass is 9.80. The molecule has 5 nitrogen and oxygen atoms in total. The number of aliphatic hydroxyl groups is 1. The third kappa shape index (κ3) is 4.02. The normalized spacial score (nSPS) is 20.6. The molecule has 0 radical (unpaired) electrons. The molecule has 0 saturated heterocycles. The van der Waals surface area contributed by atoms with Gasteiger partial charge in [-0.15, -0.1) is 0 Å². The molecule has 0 fully saturated rings. The Morgan fingerprint density at radius 3 is 2.60 bits per heavy atom. The molecule has 0 unspecified atom stereocenters. The van der Waals surface area contributed by atoms with Crippen LogP contribution in [0.4, 0.5) is 4.39 Å². The Hall–Kier alpha value is -2.86. The van der Waals surface area contributed by atoms with E-state index in [1.54, 1.807) is 26.8 Å². The molecule has 1 aliphatic carbocycles. The monoisotopic (exact) mass is 479 g/mol. The number of allylic oxidation sites excluding steroid dienone is 1. The summed E-state index contributed by atoms with van der Waals surface area (Å²) in [5, 5.41) is 12.4. The maximum atomic E-state index is 14.8. The van der Waals surface area contributed by atoms with Crippen LogP contribution in [-0.4, -0.2) is 34.1 Å². The Balaban J connectivity index is 2.00. The molecule has 0 saturated carbocycles. The molecule has 0 spiro atoms. The average molecular weight is 480 g/mol. The Morgan fingerprint density at radius 1 is 1.29 bits per heavy atom. The van der Waals surface area contributed by atoms with Gasteiger partial charge in [0.05, 0.1) is 11.2 Å². The van der Waals surface area contributed by atoms with Crippen LogP contribution in [-0.2, 0) is 33.6 Å². The van der Waals surface area contributed by atoms with Crippen LogP contribution in [0.5, 0.6) is 0 Å². The largest absolute Gasteiger partial charge is 0.458 e. The van der Waals surface area contributed by atoms with Crippen LogP contribution in [0.3, 0.4) is 0 Å². The van der Waals surface area contributed by atoms with E-state index in [-0.39, 0.29) is 36.1 Å². The Labute approximate surface area is 206 Å². The summed E-state index contributed by atoms with van der Waals surface area (Å²) < 4.78 is 20.0. The summed E-state index contributed by atoms with van der Waals surface area (Å²) in [5.41, 5.74) is 4.77. The van der Waals surface area contributed by atoms with Gasteiger partial charge in [0, 0.05) is 28.5 Å². The van der Waals surface area contributed by atoms with Gasteiger partial charge in [0.1, 0.15) is 12.4 Å². The number of pyridine rings is 1. The Kier molecular flexibility index (Phi) is 6.71. The number of cyclic esters (lactones) is 1. The Bertz CT molecular complexity index is 1300. The first kappa shape index (κ1) is 25.2. The topological polar surface area (TPSA) is 76.5 Å². The molecule has 2 heterocycles. The molecule has 1 aromatic carbocycles. The number of nitrogens with zero attached hydrogens (tertiary/aromatic N) is 1. The summed E-state index contributed by atoms with van der Waals surface area (Å²) in [4.78, 5) is 30.5. The minimum absolute atomic E-state index is 0.0741. The molecular weight excluding hydrogens is 445 g/mol. The van der Waals surface area contributed by atoms with E-state index >= 15 is 0 Å². The molecule has 2 aliphatic rings. The smallest absolute Gasteiger partial charge is 0.343 e. The van der Waals surface area contributed by atoms with Crippen molar-refractivity contribution in [1.29, 1.82) is 0 Å². The van der Waals surface area contributed by atoms with Crippen LogP contribution in [0.25, 0.3) is 16.5 Å². The number of ether oxygens (including phenoxy) is 1. The van der Waals surface area contributed by atoms with Gasteiger partial charge in [-0.05, 0) is 79.9 Å². The van der Waals surface area contributed by atoms with Crippen molar-refractivity contribution in [1.82, 2.24) is 4.98 Å². The van der Waals surface area contributed by atoms with Crippen molar-refractivity contribution in [2.45, 2.75) is 79.2 Å². The van der Waals surface area contributed by atoms with E-state index in [4.69, 9.17) is 9.72 Å². The number of Topliss-reactive ketones (excluding diaryl/α,β-unsaturated/α-hetero) is 1. The zero-order valence-corrected chi connectivity index (χ0v) is 21.5. The van der Waals surface area contributed by atoms with Gasteiger partial charge in [0.2, 0.25) is 0 Å². The highest BCUT2D eigenvalue weighted by molar-refractivity contribution is 6.02. The molecule has 6 heteroatoms.